The number of amides is 3. The second kappa shape index (κ2) is 17.0. The van der Waals surface area contributed by atoms with Gasteiger partial charge >= 0.3 is 12.0 Å². The van der Waals surface area contributed by atoms with E-state index in [1.165, 1.54) is 5.41 Å². The van der Waals surface area contributed by atoms with Gasteiger partial charge in [-0.25, -0.2) is 13.2 Å². The number of urea groups is 1. The van der Waals surface area contributed by atoms with Crippen molar-refractivity contribution in [1.29, 1.82) is 0 Å². The van der Waals surface area contributed by atoms with E-state index in [-0.39, 0.29) is 41.2 Å². The number of piperidine rings is 1. The summed E-state index contributed by atoms with van der Waals surface area (Å²) in [6, 6.07) is 16.5. The van der Waals surface area contributed by atoms with Crippen molar-refractivity contribution in [3.05, 3.63) is 77.7 Å². The van der Waals surface area contributed by atoms with Crippen LogP contribution in [0, 0.1) is 11.8 Å². The summed E-state index contributed by atoms with van der Waals surface area (Å²) in [6.45, 7) is 3.12. The van der Waals surface area contributed by atoms with Gasteiger partial charge in [-0.2, -0.15) is 11.8 Å². The normalized spacial score (nSPS) is 15.6. The SMILES string of the molecule is CCOC(=O)C1CCN(C(=O)N[C@@H](Cc2ccccc2)C(=O)NC[C@H](/C=C/S(=O)(=O)c2ccccc2)CCSC)CC1. The zero-order valence-corrected chi connectivity index (χ0v) is 25.9. The molecule has 1 heterocycles. The van der Waals surface area contributed by atoms with Gasteiger partial charge in [-0.05, 0) is 61.8 Å². The quantitative estimate of drug-likeness (QED) is 0.308. The van der Waals surface area contributed by atoms with Crippen LogP contribution in [-0.2, 0) is 30.6 Å². The van der Waals surface area contributed by atoms with E-state index in [2.05, 4.69) is 10.6 Å². The molecule has 3 rings (SSSR count). The van der Waals surface area contributed by atoms with E-state index in [4.69, 9.17) is 4.74 Å². The van der Waals surface area contributed by atoms with Gasteiger partial charge in [0, 0.05) is 31.5 Å². The minimum absolute atomic E-state index is 0.213. The second-order valence-electron chi connectivity index (χ2n) is 10.2. The molecule has 228 valence electrons. The maximum absolute atomic E-state index is 13.4. The van der Waals surface area contributed by atoms with Gasteiger partial charge in [0.2, 0.25) is 5.91 Å². The van der Waals surface area contributed by atoms with Crippen molar-refractivity contribution in [2.24, 2.45) is 11.8 Å². The van der Waals surface area contributed by atoms with Gasteiger partial charge < -0.3 is 20.3 Å². The van der Waals surface area contributed by atoms with E-state index < -0.39 is 15.9 Å². The van der Waals surface area contributed by atoms with Crippen LogP contribution in [0.3, 0.4) is 0 Å². The Hall–Kier alpha value is -3.31. The maximum atomic E-state index is 13.4. The number of esters is 1. The lowest BCUT2D eigenvalue weighted by molar-refractivity contribution is -0.149. The minimum Gasteiger partial charge on any atom is -0.466 e. The molecule has 0 aromatic heterocycles. The predicted octanol–water partition coefficient (Wildman–Crippen LogP) is 4.06. The van der Waals surface area contributed by atoms with Crippen LogP contribution in [0.2, 0.25) is 0 Å². The third-order valence-corrected chi connectivity index (χ3v) is 9.22. The summed E-state index contributed by atoms with van der Waals surface area (Å²) >= 11 is 1.64. The number of carbonyl (C=O) groups excluding carboxylic acids is 3. The molecule has 0 unspecified atom stereocenters. The first-order chi connectivity index (χ1) is 20.2. The zero-order chi connectivity index (χ0) is 30.4. The number of nitrogens with one attached hydrogen (secondary N) is 2. The van der Waals surface area contributed by atoms with Crippen LogP contribution in [0.1, 0.15) is 31.7 Å². The Balaban J connectivity index is 1.66. The molecule has 2 N–H and O–H groups in total. The molecule has 1 aliphatic heterocycles. The number of hydrogen-bond donors (Lipinski definition) is 2. The van der Waals surface area contributed by atoms with Gasteiger partial charge in [-0.1, -0.05) is 54.6 Å². The molecular formula is C31H41N3O6S2. The van der Waals surface area contributed by atoms with Gasteiger partial charge in [-0.3, -0.25) is 9.59 Å². The summed E-state index contributed by atoms with van der Waals surface area (Å²) in [5, 5.41) is 7.04. The molecule has 2 aromatic carbocycles. The molecular weight excluding hydrogens is 574 g/mol. The smallest absolute Gasteiger partial charge is 0.318 e. The molecule has 9 nitrogen and oxygen atoms in total. The standard InChI is InChI=1S/C31H41N3O6S2/c1-3-40-30(36)26-14-18-34(19-15-26)31(37)33-28(22-24-10-6-4-7-11-24)29(35)32-23-25(16-20-41-2)17-21-42(38,39)27-12-8-5-9-13-27/h4-13,17,21,25-26,28H,3,14-16,18-20,22-23H2,1-2H3,(H,32,35)(H,33,37)/b21-17+/t25-,28-/m0/s1. The van der Waals surface area contributed by atoms with E-state index in [0.717, 1.165) is 11.3 Å². The first-order valence-corrected chi connectivity index (χ1v) is 17.2. The highest BCUT2D eigenvalue weighted by molar-refractivity contribution is 7.98. The molecule has 1 aliphatic rings. The summed E-state index contributed by atoms with van der Waals surface area (Å²) in [7, 11) is -3.61. The van der Waals surface area contributed by atoms with Crippen molar-refractivity contribution < 1.29 is 27.5 Å². The van der Waals surface area contributed by atoms with Crippen LogP contribution < -0.4 is 10.6 Å². The topological polar surface area (TPSA) is 122 Å². The van der Waals surface area contributed by atoms with Crippen LogP contribution >= 0.6 is 11.8 Å². The average Bonchev–Trinajstić information content (AvgIpc) is 3.01. The lowest BCUT2D eigenvalue weighted by atomic mass is 9.97. The lowest BCUT2D eigenvalue weighted by Gasteiger charge is -2.32. The van der Waals surface area contributed by atoms with E-state index in [0.29, 0.717) is 45.4 Å². The average molecular weight is 616 g/mol. The number of nitrogens with zero attached hydrogens (tertiary/aromatic N) is 1. The van der Waals surface area contributed by atoms with Crippen molar-refractivity contribution in [2.75, 3.05) is 38.2 Å². The summed E-state index contributed by atoms with van der Waals surface area (Å²) in [4.78, 5) is 40.5. The van der Waals surface area contributed by atoms with E-state index in [9.17, 15) is 22.8 Å². The highest BCUT2D eigenvalue weighted by Crippen LogP contribution is 2.19. The van der Waals surface area contributed by atoms with Gasteiger partial charge in [0.05, 0.1) is 17.4 Å². The van der Waals surface area contributed by atoms with Crippen molar-refractivity contribution in [3.63, 3.8) is 0 Å². The number of likely N-dealkylation sites (tertiary alicyclic amines) is 1. The van der Waals surface area contributed by atoms with Crippen LogP contribution in [0.4, 0.5) is 4.79 Å². The van der Waals surface area contributed by atoms with Gasteiger partial charge in [0.25, 0.3) is 0 Å². The summed E-state index contributed by atoms with van der Waals surface area (Å²) < 4.78 is 30.6. The first-order valence-electron chi connectivity index (χ1n) is 14.2. The maximum Gasteiger partial charge on any atom is 0.318 e. The first kappa shape index (κ1) is 33.2. The summed E-state index contributed by atoms with van der Waals surface area (Å²) in [5.41, 5.74) is 0.895. The Bertz CT molecular complexity index is 1280. The van der Waals surface area contributed by atoms with E-state index in [1.54, 1.807) is 60.0 Å². The number of carbonyl (C=O) groups is 3. The Morgan fingerprint density at radius 3 is 2.31 bits per heavy atom. The van der Waals surface area contributed by atoms with Crippen LogP contribution in [0.25, 0.3) is 0 Å². The number of rotatable bonds is 14. The molecule has 1 fully saturated rings. The Kier molecular flexibility index (Phi) is 13.4. The fourth-order valence-corrected chi connectivity index (χ4v) is 6.33. The summed E-state index contributed by atoms with van der Waals surface area (Å²) in [5.74, 6) is -0.228. The van der Waals surface area contributed by atoms with Crippen LogP contribution in [-0.4, -0.2) is 75.5 Å². The van der Waals surface area contributed by atoms with Gasteiger partial charge in [0.1, 0.15) is 6.04 Å². The van der Waals surface area contributed by atoms with Gasteiger partial charge in [-0.15, -0.1) is 0 Å². The van der Waals surface area contributed by atoms with E-state index in [1.807, 2.05) is 36.6 Å². The molecule has 0 aliphatic carbocycles. The number of sulfone groups is 1. The number of hydrogen-bond acceptors (Lipinski definition) is 7. The fourth-order valence-electron chi connectivity index (χ4n) is 4.67. The second-order valence-corrected chi connectivity index (χ2v) is 13.0. The molecule has 0 bridgehead atoms. The number of thioether (sulfide) groups is 1. The molecule has 2 aromatic rings. The molecule has 0 radical (unpaired) electrons. The van der Waals surface area contributed by atoms with Crippen molar-refractivity contribution in [2.45, 2.75) is 43.5 Å². The van der Waals surface area contributed by atoms with Crippen molar-refractivity contribution in [1.82, 2.24) is 15.5 Å². The lowest BCUT2D eigenvalue weighted by Crippen LogP contribution is -2.54. The highest BCUT2D eigenvalue weighted by atomic mass is 32.2. The predicted molar refractivity (Wildman–Crippen MR) is 166 cm³/mol. The molecule has 0 spiro atoms. The summed E-state index contributed by atoms with van der Waals surface area (Å²) in [6.07, 6.45) is 5.60. The Labute approximate surface area is 253 Å². The molecule has 11 heteroatoms. The van der Waals surface area contributed by atoms with E-state index >= 15 is 0 Å². The third kappa shape index (κ3) is 10.5. The van der Waals surface area contributed by atoms with Crippen molar-refractivity contribution in [3.8, 4) is 0 Å². The van der Waals surface area contributed by atoms with Crippen LogP contribution in [0.15, 0.2) is 77.0 Å². The van der Waals surface area contributed by atoms with Gasteiger partial charge in [0.15, 0.2) is 9.84 Å². The Morgan fingerprint density at radius 2 is 1.69 bits per heavy atom. The fraction of sp³-hybridized carbons (Fsp3) is 0.452. The van der Waals surface area contributed by atoms with Crippen LogP contribution in [0.5, 0.6) is 0 Å². The monoisotopic (exact) mass is 615 g/mol. The molecule has 2 atom stereocenters. The largest absolute Gasteiger partial charge is 0.466 e. The zero-order valence-electron chi connectivity index (χ0n) is 24.2. The molecule has 42 heavy (non-hydrogen) atoms. The van der Waals surface area contributed by atoms with Crippen molar-refractivity contribution >= 4 is 39.5 Å². The molecule has 3 amide bonds. The minimum atomic E-state index is -3.61. The molecule has 1 saturated heterocycles. The Morgan fingerprint density at radius 1 is 1.05 bits per heavy atom. The highest BCUT2D eigenvalue weighted by Gasteiger charge is 2.30. The number of benzene rings is 2. The number of ether oxygens (including phenoxy) is 1. The molecule has 0 saturated carbocycles. The third-order valence-electron chi connectivity index (χ3n) is 7.13.